The average Bonchev–Trinajstić information content (AvgIpc) is 2.37. The zero-order chi connectivity index (χ0) is 14.9. The van der Waals surface area contributed by atoms with Gasteiger partial charge in [0.25, 0.3) is 5.91 Å². The van der Waals surface area contributed by atoms with Gasteiger partial charge in [0.05, 0.1) is 22.0 Å². The Bertz CT molecular complexity index is 692. The van der Waals surface area contributed by atoms with E-state index in [9.17, 15) is 13.6 Å². The standard InChI is InChI=1S/C13H10ClF2N3O/c14-7-2-1-3-10(12(7)16)19-11-4-6(13(18)20)9(17)5-8(11)15/h1-5,19H,17H2,(H2,18,20). The summed E-state index contributed by atoms with van der Waals surface area (Å²) in [7, 11) is 0. The quantitative estimate of drug-likeness (QED) is 0.762. The number of halogens is 3. The molecule has 0 aliphatic heterocycles. The van der Waals surface area contributed by atoms with Crippen molar-refractivity contribution in [3.8, 4) is 0 Å². The van der Waals surface area contributed by atoms with E-state index in [4.69, 9.17) is 23.1 Å². The van der Waals surface area contributed by atoms with E-state index < -0.39 is 17.5 Å². The predicted molar refractivity (Wildman–Crippen MR) is 74.0 cm³/mol. The molecular formula is C13H10ClF2N3O. The highest BCUT2D eigenvalue weighted by Crippen LogP contribution is 2.28. The highest BCUT2D eigenvalue weighted by atomic mass is 35.5. The summed E-state index contributed by atoms with van der Waals surface area (Å²) in [6, 6.07) is 6.29. The monoisotopic (exact) mass is 297 g/mol. The second kappa shape index (κ2) is 5.34. The fraction of sp³-hybridized carbons (Fsp3) is 0. The number of nitrogen functional groups attached to an aromatic ring is 1. The first-order valence-electron chi connectivity index (χ1n) is 5.50. The molecule has 0 atom stereocenters. The Morgan fingerprint density at radius 1 is 1.20 bits per heavy atom. The van der Waals surface area contributed by atoms with Gasteiger partial charge in [-0.3, -0.25) is 4.79 Å². The fourth-order valence-corrected chi connectivity index (χ4v) is 1.82. The molecule has 20 heavy (non-hydrogen) atoms. The molecule has 0 fully saturated rings. The van der Waals surface area contributed by atoms with Gasteiger partial charge in [-0.2, -0.15) is 0 Å². The topological polar surface area (TPSA) is 81.1 Å². The smallest absolute Gasteiger partial charge is 0.250 e. The van der Waals surface area contributed by atoms with Crippen molar-refractivity contribution in [1.82, 2.24) is 0 Å². The van der Waals surface area contributed by atoms with Crippen LogP contribution in [-0.4, -0.2) is 5.91 Å². The van der Waals surface area contributed by atoms with E-state index in [1.807, 2.05) is 0 Å². The third kappa shape index (κ3) is 2.65. The minimum absolute atomic E-state index is 0.0309. The number of amides is 1. The lowest BCUT2D eigenvalue weighted by Crippen LogP contribution is -2.14. The molecule has 0 saturated carbocycles. The summed E-state index contributed by atoms with van der Waals surface area (Å²) in [5.41, 5.74) is 10.3. The maximum absolute atomic E-state index is 13.8. The second-order valence-corrected chi connectivity index (χ2v) is 4.42. The van der Waals surface area contributed by atoms with Gasteiger partial charge in [-0.05, 0) is 24.3 Å². The van der Waals surface area contributed by atoms with E-state index in [-0.39, 0.29) is 27.6 Å². The third-order valence-electron chi connectivity index (χ3n) is 2.63. The van der Waals surface area contributed by atoms with Gasteiger partial charge in [-0.1, -0.05) is 17.7 Å². The van der Waals surface area contributed by atoms with Crippen molar-refractivity contribution in [2.75, 3.05) is 11.1 Å². The van der Waals surface area contributed by atoms with Crippen LogP contribution in [0.4, 0.5) is 25.8 Å². The molecular weight excluding hydrogens is 288 g/mol. The van der Waals surface area contributed by atoms with Crippen molar-refractivity contribution in [3.05, 3.63) is 52.6 Å². The lowest BCUT2D eigenvalue weighted by Gasteiger charge is -2.11. The Balaban J connectivity index is 2.46. The third-order valence-corrected chi connectivity index (χ3v) is 2.92. The van der Waals surface area contributed by atoms with Crippen LogP contribution >= 0.6 is 11.6 Å². The van der Waals surface area contributed by atoms with Crippen LogP contribution in [0.2, 0.25) is 5.02 Å². The normalized spacial score (nSPS) is 10.3. The van der Waals surface area contributed by atoms with Crippen molar-refractivity contribution < 1.29 is 13.6 Å². The molecule has 0 heterocycles. The zero-order valence-corrected chi connectivity index (χ0v) is 10.8. The summed E-state index contributed by atoms with van der Waals surface area (Å²) in [5, 5.41) is 2.40. The number of carbonyl (C=O) groups excluding carboxylic acids is 1. The lowest BCUT2D eigenvalue weighted by atomic mass is 10.1. The number of primary amides is 1. The number of nitrogens with one attached hydrogen (secondary N) is 1. The Kier molecular flexibility index (Phi) is 3.76. The van der Waals surface area contributed by atoms with Crippen LogP contribution in [0.1, 0.15) is 10.4 Å². The van der Waals surface area contributed by atoms with E-state index in [0.29, 0.717) is 0 Å². The lowest BCUT2D eigenvalue weighted by molar-refractivity contribution is 0.100. The molecule has 104 valence electrons. The van der Waals surface area contributed by atoms with Gasteiger partial charge in [-0.25, -0.2) is 8.78 Å². The Labute approximate surface area is 118 Å². The Hall–Kier alpha value is -2.34. The molecule has 1 amide bonds. The van der Waals surface area contributed by atoms with Gasteiger partial charge in [0, 0.05) is 5.69 Å². The van der Waals surface area contributed by atoms with Crippen LogP contribution in [0.25, 0.3) is 0 Å². The molecule has 0 spiro atoms. The summed E-state index contributed by atoms with van der Waals surface area (Å²) in [4.78, 5) is 11.2. The Morgan fingerprint density at radius 3 is 2.55 bits per heavy atom. The van der Waals surface area contributed by atoms with E-state index in [2.05, 4.69) is 5.32 Å². The molecule has 2 aromatic carbocycles. The van der Waals surface area contributed by atoms with Gasteiger partial charge < -0.3 is 16.8 Å². The van der Waals surface area contributed by atoms with Crippen LogP contribution < -0.4 is 16.8 Å². The summed E-state index contributed by atoms with van der Waals surface area (Å²) in [6.07, 6.45) is 0. The van der Waals surface area contributed by atoms with Crippen LogP contribution in [0, 0.1) is 11.6 Å². The van der Waals surface area contributed by atoms with Crippen LogP contribution in [0.3, 0.4) is 0 Å². The average molecular weight is 298 g/mol. The fourth-order valence-electron chi connectivity index (χ4n) is 1.64. The molecule has 7 heteroatoms. The molecule has 4 nitrogen and oxygen atoms in total. The number of rotatable bonds is 3. The minimum atomic E-state index is -0.808. The number of carbonyl (C=O) groups is 1. The SMILES string of the molecule is NC(=O)c1cc(Nc2cccc(Cl)c2F)c(F)cc1N. The first-order chi connectivity index (χ1) is 9.40. The summed E-state index contributed by atoms with van der Waals surface area (Å²) >= 11 is 5.62. The second-order valence-electron chi connectivity index (χ2n) is 4.01. The summed E-state index contributed by atoms with van der Waals surface area (Å²) in [6.45, 7) is 0. The summed E-state index contributed by atoms with van der Waals surface area (Å²) < 4.78 is 27.5. The van der Waals surface area contributed by atoms with Crippen molar-refractivity contribution >= 4 is 34.6 Å². The van der Waals surface area contributed by atoms with E-state index in [1.54, 1.807) is 0 Å². The Morgan fingerprint density at radius 2 is 1.90 bits per heavy atom. The van der Waals surface area contributed by atoms with Crippen molar-refractivity contribution in [2.24, 2.45) is 5.73 Å². The zero-order valence-electron chi connectivity index (χ0n) is 10.1. The van der Waals surface area contributed by atoms with Gasteiger partial charge in [0.15, 0.2) is 5.82 Å². The van der Waals surface area contributed by atoms with Gasteiger partial charge in [0.2, 0.25) is 0 Å². The van der Waals surface area contributed by atoms with E-state index in [0.717, 1.165) is 12.1 Å². The maximum Gasteiger partial charge on any atom is 0.250 e. The van der Waals surface area contributed by atoms with Crippen molar-refractivity contribution in [1.29, 1.82) is 0 Å². The molecule has 0 aliphatic rings. The first kappa shape index (κ1) is 14.1. The van der Waals surface area contributed by atoms with Crippen LogP contribution in [-0.2, 0) is 0 Å². The first-order valence-corrected chi connectivity index (χ1v) is 5.88. The van der Waals surface area contributed by atoms with Gasteiger partial charge in [-0.15, -0.1) is 0 Å². The number of nitrogens with two attached hydrogens (primary N) is 2. The van der Waals surface area contributed by atoms with Gasteiger partial charge >= 0.3 is 0 Å². The largest absolute Gasteiger partial charge is 0.398 e. The van der Waals surface area contributed by atoms with Crippen LogP contribution in [0.15, 0.2) is 30.3 Å². The molecule has 2 aromatic rings. The van der Waals surface area contributed by atoms with Crippen LogP contribution in [0.5, 0.6) is 0 Å². The molecule has 2 rings (SSSR count). The molecule has 5 N–H and O–H groups in total. The molecule has 0 unspecified atom stereocenters. The van der Waals surface area contributed by atoms with Gasteiger partial charge in [0.1, 0.15) is 5.82 Å². The maximum atomic E-state index is 13.8. The summed E-state index contributed by atoms with van der Waals surface area (Å²) in [5.74, 6) is -2.28. The number of benzene rings is 2. The predicted octanol–water partition coefficient (Wildman–Crippen LogP) is 3.04. The number of hydrogen-bond donors (Lipinski definition) is 3. The number of anilines is 3. The highest BCUT2D eigenvalue weighted by Gasteiger charge is 2.14. The molecule has 0 aromatic heterocycles. The minimum Gasteiger partial charge on any atom is -0.398 e. The highest BCUT2D eigenvalue weighted by molar-refractivity contribution is 6.31. The molecule has 0 bridgehead atoms. The molecule has 0 saturated heterocycles. The van der Waals surface area contributed by atoms with E-state index in [1.165, 1.54) is 18.2 Å². The molecule has 0 radical (unpaired) electrons. The van der Waals surface area contributed by atoms with E-state index >= 15 is 0 Å². The molecule has 0 aliphatic carbocycles. The number of hydrogen-bond acceptors (Lipinski definition) is 3. The van der Waals surface area contributed by atoms with Crippen molar-refractivity contribution in [3.63, 3.8) is 0 Å². The van der Waals surface area contributed by atoms with Crippen molar-refractivity contribution in [2.45, 2.75) is 0 Å².